The molecule has 1 N–H and O–H groups in total. The number of hydrogen-bond donors (Lipinski definition) is 1. The molecular formula is C14H25N3S. The second-order valence-electron chi connectivity index (χ2n) is 5.16. The minimum atomic E-state index is 0.858. The molecule has 4 heteroatoms. The summed E-state index contributed by atoms with van der Waals surface area (Å²) in [5.74, 6) is 0.858. The molecule has 0 amide bonds. The summed E-state index contributed by atoms with van der Waals surface area (Å²) in [5.41, 5.74) is 0. The van der Waals surface area contributed by atoms with Gasteiger partial charge in [-0.05, 0) is 58.4 Å². The molecule has 0 atom stereocenters. The Kier molecular flexibility index (Phi) is 5.60. The molecule has 1 fully saturated rings. The van der Waals surface area contributed by atoms with Gasteiger partial charge < -0.3 is 10.2 Å². The van der Waals surface area contributed by atoms with Crippen LogP contribution in [0.15, 0.2) is 6.20 Å². The number of piperidine rings is 1. The van der Waals surface area contributed by atoms with E-state index in [2.05, 4.69) is 28.3 Å². The maximum absolute atomic E-state index is 4.58. The van der Waals surface area contributed by atoms with Gasteiger partial charge in [0, 0.05) is 17.5 Å². The highest BCUT2D eigenvalue weighted by atomic mass is 32.1. The number of aromatic nitrogens is 1. The lowest BCUT2D eigenvalue weighted by Gasteiger charge is -2.30. The SMILES string of the molecule is CCN1CCC(Cc2ncc(CCNC)s2)CC1. The molecule has 2 heterocycles. The van der Waals surface area contributed by atoms with Crippen LogP contribution >= 0.6 is 11.3 Å². The molecule has 0 unspecified atom stereocenters. The average molecular weight is 267 g/mol. The van der Waals surface area contributed by atoms with E-state index < -0.39 is 0 Å². The molecule has 1 aliphatic rings. The molecule has 1 saturated heterocycles. The van der Waals surface area contributed by atoms with Crippen molar-refractivity contribution in [1.29, 1.82) is 0 Å². The molecule has 3 nitrogen and oxygen atoms in total. The first-order chi connectivity index (χ1) is 8.81. The fraction of sp³-hybridized carbons (Fsp3) is 0.786. The first-order valence-electron chi connectivity index (χ1n) is 7.12. The van der Waals surface area contributed by atoms with Crippen molar-refractivity contribution in [1.82, 2.24) is 15.2 Å². The lowest BCUT2D eigenvalue weighted by atomic mass is 9.94. The molecule has 0 saturated carbocycles. The number of hydrogen-bond acceptors (Lipinski definition) is 4. The molecule has 0 aliphatic carbocycles. The summed E-state index contributed by atoms with van der Waals surface area (Å²) in [4.78, 5) is 8.55. The van der Waals surface area contributed by atoms with Crippen LogP contribution in [-0.2, 0) is 12.8 Å². The van der Waals surface area contributed by atoms with Crippen LogP contribution in [0.5, 0.6) is 0 Å². The Morgan fingerprint density at radius 2 is 2.22 bits per heavy atom. The number of rotatable bonds is 6. The molecule has 1 aromatic heterocycles. The van der Waals surface area contributed by atoms with Gasteiger partial charge in [-0.15, -0.1) is 11.3 Å². The minimum absolute atomic E-state index is 0.858. The monoisotopic (exact) mass is 267 g/mol. The molecule has 0 aromatic carbocycles. The lowest BCUT2D eigenvalue weighted by Crippen LogP contribution is -2.33. The van der Waals surface area contributed by atoms with E-state index in [4.69, 9.17) is 0 Å². The molecule has 0 radical (unpaired) electrons. The van der Waals surface area contributed by atoms with Crippen molar-refractivity contribution < 1.29 is 0 Å². The van der Waals surface area contributed by atoms with Crippen LogP contribution in [0.4, 0.5) is 0 Å². The van der Waals surface area contributed by atoms with E-state index in [0.29, 0.717) is 0 Å². The van der Waals surface area contributed by atoms with Crippen LogP contribution < -0.4 is 5.32 Å². The summed E-state index contributed by atoms with van der Waals surface area (Å²) in [7, 11) is 2.00. The number of likely N-dealkylation sites (tertiary alicyclic amines) is 1. The maximum Gasteiger partial charge on any atom is 0.0930 e. The zero-order valence-electron chi connectivity index (χ0n) is 11.6. The number of likely N-dealkylation sites (N-methyl/N-ethyl adjacent to an activating group) is 1. The van der Waals surface area contributed by atoms with Gasteiger partial charge in [0.15, 0.2) is 0 Å². The summed E-state index contributed by atoms with van der Waals surface area (Å²) in [6.45, 7) is 7.07. The standard InChI is InChI=1S/C14H25N3S/c1-3-17-8-5-12(6-9-17)10-14-16-11-13(18-14)4-7-15-2/h11-12,15H,3-10H2,1-2H3. The molecule has 0 spiro atoms. The van der Waals surface area contributed by atoms with Crippen LogP contribution in [0.2, 0.25) is 0 Å². The second kappa shape index (κ2) is 7.22. The van der Waals surface area contributed by atoms with Gasteiger partial charge in [-0.1, -0.05) is 6.92 Å². The van der Waals surface area contributed by atoms with Crippen molar-refractivity contribution in [3.8, 4) is 0 Å². The van der Waals surface area contributed by atoms with Gasteiger partial charge in [0.2, 0.25) is 0 Å². The van der Waals surface area contributed by atoms with E-state index in [1.165, 1.54) is 48.8 Å². The van der Waals surface area contributed by atoms with Gasteiger partial charge in [-0.2, -0.15) is 0 Å². The van der Waals surface area contributed by atoms with Gasteiger partial charge in [-0.3, -0.25) is 0 Å². The summed E-state index contributed by atoms with van der Waals surface area (Å²) in [5, 5.41) is 4.54. The Labute approximate surface area is 115 Å². The zero-order valence-corrected chi connectivity index (χ0v) is 12.4. The Bertz CT molecular complexity index is 343. The van der Waals surface area contributed by atoms with Crippen LogP contribution in [-0.4, -0.2) is 43.1 Å². The summed E-state index contributed by atoms with van der Waals surface area (Å²) in [6, 6.07) is 0. The summed E-state index contributed by atoms with van der Waals surface area (Å²) < 4.78 is 0. The Hall–Kier alpha value is -0.450. The van der Waals surface area contributed by atoms with E-state index in [0.717, 1.165) is 18.9 Å². The third-order valence-electron chi connectivity index (χ3n) is 3.84. The minimum Gasteiger partial charge on any atom is -0.319 e. The van der Waals surface area contributed by atoms with Crippen molar-refractivity contribution in [3.63, 3.8) is 0 Å². The quantitative estimate of drug-likeness (QED) is 0.856. The van der Waals surface area contributed by atoms with Crippen molar-refractivity contribution in [2.24, 2.45) is 5.92 Å². The number of thiazole rings is 1. The van der Waals surface area contributed by atoms with Crippen molar-refractivity contribution in [2.45, 2.75) is 32.6 Å². The van der Waals surface area contributed by atoms with Crippen LogP contribution in [0.3, 0.4) is 0 Å². The first-order valence-corrected chi connectivity index (χ1v) is 7.94. The summed E-state index contributed by atoms with van der Waals surface area (Å²) >= 11 is 1.91. The molecular weight excluding hydrogens is 242 g/mol. The molecule has 0 bridgehead atoms. The van der Waals surface area contributed by atoms with Crippen LogP contribution in [0.25, 0.3) is 0 Å². The topological polar surface area (TPSA) is 28.2 Å². The van der Waals surface area contributed by atoms with Crippen molar-refractivity contribution in [2.75, 3.05) is 33.2 Å². The van der Waals surface area contributed by atoms with Gasteiger partial charge in [0.25, 0.3) is 0 Å². The van der Waals surface area contributed by atoms with E-state index >= 15 is 0 Å². The van der Waals surface area contributed by atoms with Gasteiger partial charge in [-0.25, -0.2) is 4.98 Å². The zero-order chi connectivity index (χ0) is 12.8. The maximum atomic E-state index is 4.58. The van der Waals surface area contributed by atoms with Gasteiger partial charge >= 0.3 is 0 Å². The normalized spacial score (nSPS) is 18.3. The largest absolute Gasteiger partial charge is 0.319 e. The first kappa shape index (κ1) is 14.0. The number of nitrogens with zero attached hydrogens (tertiary/aromatic N) is 2. The third kappa shape index (κ3) is 4.04. The Morgan fingerprint density at radius 3 is 2.89 bits per heavy atom. The van der Waals surface area contributed by atoms with Gasteiger partial charge in [0.1, 0.15) is 0 Å². The third-order valence-corrected chi connectivity index (χ3v) is 4.92. The molecule has 18 heavy (non-hydrogen) atoms. The fourth-order valence-electron chi connectivity index (χ4n) is 2.56. The van der Waals surface area contributed by atoms with Crippen molar-refractivity contribution >= 4 is 11.3 Å². The average Bonchev–Trinajstić information content (AvgIpc) is 2.85. The number of nitrogens with one attached hydrogen (secondary N) is 1. The Balaban J connectivity index is 1.77. The van der Waals surface area contributed by atoms with Crippen molar-refractivity contribution in [3.05, 3.63) is 16.1 Å². The lowest BCUT2D eigenvalue weighted by molar-refractivity contribution is 0.192. The van der Waals surface area contributed by atoms with Crippen LogP contribution in [0.1, 0.15) is 29.7 Å². The Morgan fingerprint density at radius 1 is 1.44 bits per heavy atom. The van der Waals surface area contributed by atoms with Crippen LogP contribution in [0, 0.1) is 5.92 Å². The summed E-state index contributed by atoms with van der Waals surface area (Å²) in [6.07, 6.45) is 7.07. The predicted octanol–water partition coefficient (Wildman–Crippen LogP) is 2.18. The molecule has 2 rings (SSSR count). The van der Waals surface area contributed by atoms with E-state index in [-0.39, 0.29) is 0 Å². The molecule has 1 aromatic rings. The van der Waals surface area contributed by atoms with Gasteiger partial charge in [0.05, 0.1) is 5.01 Å². The molecule has 102 valence electrons. The smallest absolute Gasteiger partial charge is 0.0930 e. The van der Waals surface area contributed by atoms with E-state index in [9.17, 15) is 0 Å². The predicted molar refractivity (Wildman–Crippen MR) is 78.3 cm³/mol. The second-order valence-corrected chi connectivity index (χ2v) is 6.36. The highest BCUT2D eigenvalue weighted by Crippen LogP contribution is 2.24. The fourth-order valence-corrected chi connectivity index (χ4v) is 3.60. The highest BCUT2D eigenvalue weighted by molar-refractivity contribution is 7.11. The van der Waals surface area contributed by atoms with E-state index in [1.807, 2.05) is 18.4 Å². The van der Waals surface area contributed by atoms with E-state index in [1.54, 1.807) is 0 Å². The highest BCUT2D eigenvalue weighted by Gasteiger charge is 2.19. The molecule has 1 aliphatic heterocycles.